The summed E-state index contributed by atoms with van der Waals surface area (Å²) in [6.07, 6.45) is -0.501. The van der Waals surface area contributed by atoms with Crippen LogP contribution in [0.5, 0.6) is 0 Å². The van der Waals surface area contributed by atoms with Crippen LogP contribution in [0.4, 0.5) is 19.3 Å². The van der Waals surface area contributed by atoms with Crippen molar-refractivity contribution in [1.29, 1.82) is 0 Å². The molecule has 1 atom stereocenters. The van der Waals surface area contributed by atoms with Crippen molar-refractivity contribution in [3.63, 3.8) is 0 Å². The first-order valence-electron chi connectivity index (χ1n) is 13.4. The fourth-order valence-electron chi connectivity index (χ4n) is 5.32. The van der Waals surface area contributed by atoms with Crippen molar-refractivity contribution in [2.75, 3.05) is 18.0 Å². The topological polar surface area (TPSA) is 84.2 Å². The van der Waals surface area contributed by atoms with Crippen molar-refractivity contribution in [1.82, 2.24) is 9.88 Å². The monoisotopic (exact) mass is 560 g/mol. The lowest BCUT2D eigenvalue weighted by Crippen LogP contribution is -2.35. The van der Waals surface area contributed by atoms with Gasteiger partial charge >= 0.3 is 12.3 Å². The maximum absolute atomic E-state index is 13.8. The van der Waals surface area contributed by atoms with Gasteiger partial charge in [-0.15, -0.1) is 0 Å². The molecule has 8 nitrogen and oxygen atoms in total. The number of ether oxygens (including phenoxy) is 1. The SMILES string of the molecule is [C-]#[N+][C@@H]1CC(F)(F)CN1C(=O)CCC(=O)c1ccnc2ccc(-c3ccc4c(c3)CCN4C(=O)OC(C)(C)C)cc12. The zero-order valence-electron chi connectivity index (χ0n) is 23.1. The largest absolute Gasteiger partial charge is 0.443 e. The molecule has 0 radical (unpaired) electrons. The molecule has 0 N–H and O–H groups in total. The summed E-state index contributed by atoms with van der Waals surface area (Å²) < 4.78 is 33.1. The quantitative estimate of drug-likeness (QED) is 0.271. The van der Waals surface area contributed by atoms with E-state index in [1.54, 1.807) is 11.0 Å². The van der Waals surface area contributed by atoms with Crippen molar-refractivity contribution in [2.24, 2.45) is 0 Å². The van der Waals surface area contributed by atoms with E-state index in [1.807, 2.05) is 57.2 Å². The van der Waals surface area contributed by atoms with E-state index in [9.17, 15) is 23.2 Å². The molecule has 212 valence electrons. The molecule has 0 aliphatic carbocycles. The third-order valence-electron chi connectivity index (χ3n) is 7.24. The number of aromatic nitrogens is 1. The molecule has 2 amide bonds. The van der Waals surface area contributed by atoms with Gasteiger partial charge in [0.05, 0.1) is 17.7 Å². The van der Waals surface area contributed by atoms with E-state index in [2.05, 4.69) is 9.83 Å². The van der Waals surface area contributed by atoms with Crippen LogP contribution in [0.15, 0.2) is 48.7 Å². The van der Waals surface area contributed by atoms with Crippen LogP contribution >= 0.6 is 0 Å². The minimum absolute atomic E-state index is 0.172. The van der Waals surface area contributed by atoms with Crippen LogP contribution in [0.1, 0.15) is 56.0 Å². The Morgan fingerprint density at radius 3 is 2.56 bits per heavy atom. The standard InChI is InChI=1S/C31H30F2N4O4/c1-30(2,3)41-29(40)36-14-12-21-15-19(6-8-25(21)36)20-5-7-24-23(16-20)22(11-13-35-24)26(38)9-10-28(39)37-18-31(32,33)17-27(37)34-4/h5-8,11,13,15-16,27H,9-10,12,14,17-18H2,1-3H3/t27-/m0/s1. The molecule has 1 saturated heterocycles. The normalized spacial score (nSPS) is 17.8. The summed E-state index contributed by atoms with van der Waals surface area (Å²) >= 11 is 0. The zero-order valence-corrected chi connectivity index (χ0v) is 23.1. The summed E-state index contributed by atoms with van der Waals surface area (Å²) in [6, 6.07) is 13.0. The van der Waals surface area contributed by atoms with Gasteiger partial charge in [0, 0.05) is 36.5 Å². The van der Waals surface area contributed by atoms with Gasteiger partial charge in [-0.1, -0.05) is 12.1 Å². The Morgan fingerprint density at radius 1 is 1.10 bits per heavy atom. The summed E-state index contributed by atoms with van der Waals surface area (Å²) in [5, 5.41) is 0.616. The number of likely N-dealkylation sites (tertiary alicyclic amines) is 1. The van der Waals surface area contributed by atoms with Crippen LogP contribution in [0, 0.1) is 6.57 Å². The maximum atomic E-state index is 13.8. The lowest BCUT2D eigenvalue weighted by molar-refractivity contribution is -0.132. The second-order valence-corrected chi connectivity index (χ2v) is 11.4. The molecule has 41 heavy (non-hydrogen) atoms. The van der Waals surface area contributed by atoms with Gasteiger partial charge in [-0.05, 0) is 74.2 Å². The highest BCUT2D eigenvalue weighted by atomic mass is 19.3. The molecule has 2 aliphatic heterocycles. The number of fused-ring (bicyclic) bond motifs is 2. The highest BCUT2D eigenvalue weighted by Gasteiger charge is 2.50. The number of carbonyl (C=O) groups excluding carboxylic acids is 3. The van der Waals surface area contributed by atoms with Gasteiger partial charge in [-0.3, -0.25) is 29.2 Å². The van der Waals surface area contributed by atoms with E-state index in [1.165, 1.54) is 6.20 Å². The first kappa shape index (κ1) is 28.1. The van der Waals surface area contributed by atoms with Crippen molar-refractivity contribution >= 4 is 34.4 Å². The molecular weight excluding hydrogens is 530 g/mol. The summed E-state index contributed by atoms with van der Waals surface area (Å²) in [4.78, 5) is 48.5. The minimum Gasteiger partial charge on any atom is -0.443 e. The van der Waals surface area contributed by atoms with E-state index in [4.69, 9.17) is 11.3 Å². The van der Waals surface area contributed by atoms with Gasteiger partial charge in [0.25, 0.3) is 5.92 Å². The molecule has 3 aromatic rings. The van der Waals surface area contributed by atoms with Gasteiger partial charge in [0.2, 0.25) is 5.91 Å². The molecular formula is C31H30F2N4O4. The number of nitrogens with zero attached hydrogens (tertiary/aromatic N) is 4. The number of carbonyl (C=O) groups is 3. The Morgan fingerprint density at radius 2 is 1.83 bits per heavy atom. The van der Waals surface area contributed by atoms with Gasteiger partial charge in [0.15, 0.2) is 5.78 Å². The number of anilines is 1. The van der Waals surface area contributed by atoms with Crippen LogP contribution in [-0.4, -0.2) is 58.4 Å². The molecule has 10 heteroatoms. The molecule has 2 aromatic carbocycles. The Kier molecular flexibility index (Phi) is 7.24. The van der Waals surface area contributed by atoms with E-state index < -0.39 is 36.6 Å². The Labute approximate surface area is 236 Å². The second-order valence-electron chi connectivity index (χ2n) is 11.4. The van der Waals surface area contributed by atoms with Crippen LogP contribution in [0.3, 0.4) is 0 Å². The smallest absolute Gasteiger partial charge is 0.414 e. The molecule has 0 bridgehead atoms. The summed E-state index contributed by atoms with van der Waals surface area (Å²) in [5.41, 5.74) is 3.99. The third-order valence-corrected chi connectivity index (χ3v) is 7.24. The second kappa shape index (κ2) is 10.5. The maximum Gasteiger partial charge on any atom is 0.414 e. The number of alkyl halides is 2. The zero-order chi connectivity index (χ0) is 29.5. The molecule has 3 heterocycles. The van der Waals surface area contributed by atoms with Gasteiger partial charge in [0.1, 0.15) is 12.0 Å². The van der Waals surface area contributed by atoms with E-state index >= 15 is 0 Å². The first-order valence-corrected chi connectivity index (χ1v) is 13.4. The molecule has 1 fully saturated rings. The van der Waals surface area contributed by atoms with E-state index in [0.29, 0.717) is 29.4 Å². The first-order chi connectivity index (χ1) is 19.3. The number of rotatable bonds is 5. The lowest BCUT2D eigenvalue weighted by atomic mass is 9.96. The fourth-order valence-corrected chi connectivity index (χ4v) is 5.32. The Bertz CT molecular complexity index is 1590. The molecule has 2 aliphatic rings. The molecule has 5 rings (SSSR count). The predicted molar refractivity (Wildman–Crippen MR) is 150 cm³/mol. The van der Waals surface area contributed by atoms with Gasteiger partial charge in [-0.25, -0.2) is 20.1 Å². The summed E-state index contributed by atoms with van der Waals surface area (Å²) in [5.74, 6) is -4.04. The third kappa shape index (κ3) is 5.89. The number of Topliss-reactive ketones (excluding diaryl/α,β-unsaturated/α-hetero) is 1. The van der Waals surface area contributed by atoms with Gasteiger partial charge < -0.3 is 4.74 Å². The Balaban J connectivity index is 1.35. The van der Waals surface area contributed by atoms with Gasteiger partial charge in [-0.2, -0.15) is 0 Å². The number of hydrogen-bond acceptors (Lipinski definition) is 5. The van der Waals surface area contributed by atoms with Crippen LogP contribution in [-0.2, 0) is 16.0 Å². The number of halogens is 2. The average molecular weight is 561 g/mol. The summed E-state index contributed by atoms with van der Waals surface area (Å²) in [7, 11) is 0. The summed E-state index contributed by atoms with van der Waals surface area (Å²) in [6.45, 7) is 12.3. The number of benzene rings is 2. The van der Waals surface area contributed by atoms with E-state index in [-0.39, 0.29) is 24.7 Å². The number of hydrogen-bond donors (Lipinski definition) is 0. The predicted octanol–water partition coefficient (Wildman–Crippen LogP) is 6.28. The van der Waals surface area contributed by atoms with Crippen LogP contribution < -0.4 is 4.90 Å². The number of pyridine rings is 1. The van der Waals surface area contributed by atoms with E-state index in [0.717, 1.165) is 27.3 Å². The van der Waals surface area contributed by atoms with Crippen LogP contribution in [0.25, 0.3) is 26.9 Å². The minimum atomic E-state index is -3.10. The van der Waals surface area contributed by atoms with Crippen molar-refractivity contribution in [3.8, 4) is 11.1 Å². The average Bonchev–Trinajstić information content (AvgIpc) is 3.49. The molecule has 0 saturated carbocycles. The highest BCUT2D eigenvalue weighted by Crippen LogP contribution is 2.35. The lowest BCUT2D eigenvalue weighted by Gasteiger charge is -2.24. The fraction of sp³-hybridized carbons (Fsp3) is 0.387. The molecule has 0 unspecified atom stereocenters. The van der Waals surface area contributed by atoms with Crippen molar-refractivity contribution in [2.45, 2.75) is 64.1 Å². The van der Waals surface area contributed by atoms with Crippen molar-refractivity contribution in [3.05, 3.63) is 71.2 Å². The highest BCUT2D eigenvalue weighted by molar-refractivity contribution is 6.08. The number of ketones is 1. The van der Waals surface area contributed by atoms with Crippen molar-refractivity contribution < 1.29 is 27.9 Å². The molecule has 0 spiro atoms. The number of amides is 2. The Hall–Kier alpha value is -4.39. The molecule has 1 aromatic heterocycles. The van der Waals surface area contributed by atoms with Crippen LogP contribution in [0.2, 0.25) is 0 Å².